The molecule has 38 heavy (non-hydrogen) atoms. The first-order valence-corrected chi connectivity index (χ1v) is 13.0. The van der Waals surface area contributed by atoms with E-state index < -0.39 is 58.1 Å². The Morgan fingerprint density at radius 1 is 0.842 bits per heavy atom. The van der Waals surface area contributed by atoms with Crippen molar-refractivity contribution in [2.24, 2.45) is 17.8 Å². The van der Waals surface area contributed by atoms with E-state index in [1.54, 1.807) is 0 Å². The van der Waals surface area contributed by atoms with E-state index in [4.69, 9.17) is 4.74 Å². The third kappa shape index (κ3) is 6.34. The minimum atomic E-state index is -5.27. The maximum Gasteiger partial charge on any atom is 0.422 e. The normalized spacial score (nSPS) is 22.8. The molecule has 0 radical (unpaired) electrons. The molecule has 2 aliphatic carbocycles. The zero-order valence-electron chi connectivity index (χ0n) is 21.0. The molecule has 9 heteroatoms. The number of hydrogen-bond donors (Lipinski definition) is 0. The van der Waals surface area contributed by atoms with Gasteiger partial charge in [-0.15, -0.1) is 0 Å². The number of allylic oxidation sites excluding steroid dienone is 2. The fourth-order valence-electron chi connectivity index (χ4n) is 5.78. The summed E-state index contributed by atoms with van der Waals surface area (Å²) in [7, 11) is 0. The molecular formula is C29H30F8O. The summed E-state index contributed by atoms with van der Waals surface area (Å²) in [6, 6.07) is 3.29. The van der Waals surface area contributed by atoms with E-state index >= 15 is 0 Å². The van der Waals surface area contributed by atoms with E-state index in [9.17, 15) is 35.1 Å². The molecule has 4 rings (SSSR count). The van der Waals surface area contributed by atoms with Crippen molar-refractivity contribution in [3.8, 4) is 16.9 Å². The highest BCUT2D eigenvalue weighted by Gasteiger charge is 2.44. The van der Waals surface area contributed by atoms with Crippen LogP contribution in [-0.4, -0.2) is 6.11 Å². The molecule has 0 amide bonds. The number of halogens is 8. The van der Waals surface area contributed by atoms with Crippen molar-refractivity contribution >= 4 is 0 Å². The Balaban J connectivity index is 1.40. The molecule has 208 valence electrons. The summed E-state index contributed by atoms with van der Waals surface area (Å²) in [4.78, 5) is 0. The molecular weight excluding hydrogens is 516 g/mol. The fourth-order valence-corrected chi connectivity index (χ4v) is 5.78. The van der Waals surface area contributed by atoms with Gasteiger partial charge in [-0.25, -0.2) is 13.2 Å². The lowest BCUT2D eigenvalue weighted by Gasteiger charge is -2.35. The summed E-state index contributed by atoms with van der Waals surface area (Å²) < 4.78 is 116. The predicted octanol–water partition coefficient (Wildman–Crippen LogP) is 10.1. The van der Waals surface area contributed by atoms with Crippen LogP contribution in [0.3, 0.4) is 0 Å². The van der Waals surface area contributed by atoms with E-state index in [1.807, 2.05) is 0 Å². The number of alkyl halides is 5. The van der Waals surface area contributed by atoms with Crippen molar-refractivity contribution in [1.29, 1.82) is 0 Å². The molecule has 1 unspecified atom stereocenters. The topological polar surface area (TPSA) is 9.23 Å². The largest absolute Gasteiger partial charge is 0.432 e. The van der Waals surface area contributed by atoms with Crippen LogP contribution in [0, 0.1) is 35.2 Å². The first-order chi connectivity index (χ1) is 17.9. The third-order valence-corrected chi connectivity index (χ3v) is 7.81. The summed E-state index contributed by atoms with van der Waals surface area (Å²) in [5.74, 6) is -5.49. The predicted molar refractivity (Wildman–Crippen MR) is 128 cm³/mol. The monoisotopic (exact) mass is 546 g/mol. The second-order valence-corrected chi connectivity index (χ2v) is 10.4. The Bertz CT molecular complexity index is 1140. The van der Waals surface area contributed by atoms with Crippen molar-refractivity contribution in [3.63, 3.8) is 0 Å². The van der Waals surface area contributed by atoms with Gasteiger partial charge in [-0.1, -0.05) is 31.4 Å². The van der Waals surface area contributed by atoms with E-state index in [0.29, 0.717) is 42.9 Å². The van der Waals surface area contributed by atoms with Crippen LogP contribution in [0.4, 0.5) is 35.1 Å². The Morgan fingerprint density at radius 3 is 2.03 bits per heavy atom. The average molecular weight is 547 g/mol. The minimum Gasteiger partial charge on any atom is -0.432 e. The summed E-state index contributed by atoms with van der Waals surface area (Å²) >= 11 is 0. The van der Waals surface area contributed by atoms with E-state index in [0.717, 1.165) is 37.8 Å². The lowest BCUT2D eigenvalue weighted by molar-refractivity contribution is -0.223. The number of benzene rings is 2. The van der Waals surface area contributed by atoms with Gasteiger partial charge in [0.2, 0.25) is 0 Å². The summed E-state index contributed by atoms with van der Waals surface area (Å²) in [5.41, 5.74) is -1.67. The molecule has 0 saturated heterocycles. The van der Waals surface area contributed by atoms with Gasteiger partial charge in [0.25, 0.3) is 0 Å². The summed E-state index contributed by atoms with van der Waals surface area (Å²) in [6.07, 6.45) is 0.841. The van der Waals surface area contributed by atoms with Crippen LogP contribution in [0.2, 0.25) is 0 Å². The molecule has 2 aromatic rings. The molecule has 0 aromatic heterocycles. The van der Waals surface area contributed by atoms with Crippen LogP contribution in [0.25, 0.3) is 11.1 Å². The van der Waals surface area contributed by atoms with Crippen molar-refractivity contribution in [2.45, 2.75) is 77.0 Å². The molecule has 1 atom stereocenters. The lowest BCUT2D eigenvalue weighted by Crippen LogP contribution is -2.37. The van der Waals surface area contributed by atoms with E-state index in [-0.39, 0.29) is 12.8 Å². The van der Waals surface area contributed by atoms with Gasteiger partial charge in [0.1, 0.15) is 28.8 Å². The zero-order chi connectivity index (χ0) is 27.7. The first kappa shape index (κ1) is 28.4. The maximum absolute atomic E-state index is 15.0. The van der Waals surface area contributed by atoms with Gasteiger partial charge in [-0.3, -0.25) is 0 Å². The third-order valence-electron chi connectivity index (χ3n) is 7.81. The quantitative estimate of drug-likeness (QED) is 0.248. The van der Waals surface area contributed by atoms with Gasteiger partial charge in [0.15, 0.2) is 0 Å². The Kier molecular flexibility index (Phi) is 8.43. The average Bonchev–Trinajstić information content (AvgIpc) is 2.83. The Hall–Kier alpha value is -2.58. The SMILES string of the molecule is CCCC1CC=C(C2CCC(C(F)(F)Oc3ccc(-c4cc(F)c(C(F)(F)F)c(F)c4)c(F)c3)CC2)CC1. The van der Waals surface area contributed by atoms with Crippen molar-refractivity contribution in [2.75, 3.05) is 0 Å². The highest BCUT2D eigenvalue weighted by molar-refractivity contribution is 5.66. The molecule has 0 bridgehead atoms. The highest BCUT2D eigenvalue weighted by atomic mass is 19.4. The van der Waals surface area contributed by atoms with Gasteiger partial charge in [0.05, 0.1) is 5.92 Å². The highest BCUT2D eigenvalue weighted by Crippen LogP contribution is 2.44. The van der Waals surface area contributed by atoms with Crippen LogP contribution in [0.15, 0.2) is 42.0 Å². The first-order valence-electron chi connectivity index (χ1n) is 13.0. The van der Waals surface area contributed by atoms with Crippen LogP contribution < -0.4 is 4.74 Å². The maximum atomic E-state index is 15.0. The van der Waals surface area contributed by atoms with Crippen LogP contribution in [0.5, 0.6) is 5.75 Å². The van der Waals surface area contributed by atoms with Crippen molar-refractivity contribution < 1.29 is 39.9 Å². The molecule has 2 aromatic carbocycles. The number of ether oxygens (including phenoxy) is 1. The molecule has 1 nitrogen and oxygen atoms in total. The van der Waals surface area contributed by atoms with Crippen LogP contribution >= 0.6 is 0 Å². The Labute approximate surface area is 216 Å². The van der Waals surface area contributed by atoms with Crippen LogP contribution in [0.1, 0.15) is 70.3 Å². The minimum absolute atomic E-state index is 0.262. The van der Waals surface area contributed by atoms with Gasteiger partial charge in [-0.05, 0) is 86.6 Å². The number of rotatable bonds is 7. The molecule has 0 spiro atoms. The van der Waals surface area contributed by atoms with E-state index in [1.165, 1.54) is 12.0 Å². The number of hydrogen-bond acceptors (Lipinski definition) is 1. The second-order valence-electron chi connectivity index (χ2n) is 10.4. The molecule has 0 N–H and O–H groups in total. The smallest absolute Gasteiger partial charge is 0.422 e. The van der Waals surface area contributed by atoms with Gasteiger partial charge in [-0.2, -0.15) is 22.0 Å². The standard InChI is InChI=1S/C29H30F8O/c1-2-3-17-4-6-18(7-5-17)19-8-10-21(11-9-19)29(36,37)38-22-12-13-23(24(30)16-22)20-14-25(31)27(26(32)15-20)28(33,34)35/h6,12-17,19,21H,2-5,7-11H2,1H3. The van der Waals surface area contributed by atoms with Crippen molar-refractivity contribution in [1.82, 2.24) is 0 Å². The van der Waals surface area contributed by atoms with Crippen LogP contribution in [-0.2, 0) is 6.18 Å². The summed E-state index contributed by atoms with van der Waals surface area (Å²) in [6.45, 7) is 2.17. The molecule has 1 fully saturated rings. The Morgan fingerprint density at radius 2 is 1.50 bits per heavy atom. The van der Waals surface area contributed by atoms with Gasteiger partial charge >= 0.3 is 12.3 Å². The van der Waals surface area contributed by atoms with E-state index in [2.05, 4.69) is 13.0 Å². The fraction of sp³-hybridized carbons (Fsp3) is 0.517. The van der Waals surface area contributed by atoms with Crippen molar-refractivity contribution in [3.05, 3.63) is 65.0 Å². The second kappa shape index (κ2) is 11.3. The molecule has 1 saturated carbocycles. The van der Waals surface area contributed by atoms with Gasteiger partial charge < -0.3 is 4.74 Å². The zero-order valence-corrected chi connectivity index (χ0v) is 21.0. The lowest BCUT2D eigenvalue weighted by atomic mass is 9.74. The van der Waals surface area contributed by atoms with Gasteiger partial charge in [0, 0.05) is 11.6 Å². The molecule has 0 heterocycles. The molecule has 0 aliphatic heterocycles. The molecule has 2 aliphatic rings. The summed E-state index contributed by atoms with van der Waals surface area (Å²) in [5, 5.41) is 0.